The number of carbonyl (C=O) groups excluding carboxylic acids is 1. The van der Waals surface area contributed by atoms with Gasteiger partial charge in [0.15, 0.2) is 11.4 Å². The van der Waals surface area contributed by atoms with Crippen LogP contribution in [-0.2, 0) is 13.2 Å². The number of amides is 1. The molecule has 2 N–H and O–H groups in total. The maximum atomic E-state index is 13.5. The Morgan fingerprint density at radius 3 is 2.67 bits per heavy atom. The van der Waals surface area contributed by atoms with Gasteiger partial charge in [-0.25, -0.2) is 9.97 Å². The van der Waals surface area contributed by atoms with Crippen LogP contribution in [0.1, 0.15) is 52.8 Å². The van der Waals surface area contributed by atoms with E-state index in [0.717, 1.165) is 37.2 Å². The molecule has 0 aliphatic carbocycles. The molecule has 1 aliphatic rings. The standard InChI is InChI=1S/C33H34N6O4/c1-3-42-33-27(8-5-15-35-33)28-10-12-30(31(38-28)32(41)36-20-24-6-4-7-25(21-40)37-24)43-26-13-16-39(17-14-26)29-11-9-22(2)18-23(29)19-34/h4-12,15,18,26,40H,3,13-14,16-17,20-21H2,1-2H3,(H,36,41). The lowest BCUT2D eigenvalue weighted by Crippen LogP contribution is -2.39. The number of aliphatic hydroxyl groups is 1. The third-order valence-corrected chi connectivity index (χ3v) is 7.21. The van der Waals surface area contributed by atoms with Crippen LogP contribution in [0.15, 0.2) is 66.9 Å². The number of pyridine rings is 3. The quantitative estimate of drug-likeness (QED) is 0.277. The van der Waals surface area contributed by atoms with E-state index in [-0.39, 0.29) is 24.9 Å². The molecular weight excluding hydrogens is 544 g/mol. The first-order chi connectivity index (χ1) is 21.0. The fourth-order valence-corrected chi connectivity index (χ4v) is 5.07. The van der Waals surface area contributed by atoms with Crippen molar-refractivity contribution in [2.24, 2.45) is 0 Å². The Balaban J connectivity index is 1.37. The minimum Gasteiger partial charge on any atom is -0.488 e. The summed E-state index contributed by atoms with van der Waals surface area (Å²) in [5, 5.41) is 21.9. The van der Waals surface area contributed by atoms with Crippen molar-refractivity contribution in [1.82, 2.24) is 20.3 Å². The molecule has 0 spiro atoms. The van der Waals surface area contributed by atoms with E-state index in [4.69, 9.17) is 14.5 Å². The minimum absolute atomic E-state index is 0.133. The molecule has 43 heavy (non-hydrogen) atoms. The van der Waals surface area contributed by atoms with Gasteiger partial charge in [0, 0.05) is 32.1 Å². The van der Waals surface area contributed by atoms with E-state index in [1.165, 1.54) is 0 Å². The van der Waals surface area contributed by atoms with E-state index in [1.807, 2.05) is 38.1 Å². The normalized spacial score (nSPS) is 13.3. The number of hydrogen-bond acceptors (Lipinski definition) is 9. The number of carbonyl (C=O) groups is 1. The van der Waals surface area contributed by atoms with Gasteiger partial charge < -0.3 is 24.8 Å². The van der Waals surface area contributed by atoms with Crippen molar-refractivity contribution in [1.29, 1.82) is 5.26 Å². The molecule has 0 atom stereocenters. The molecule has 1 amide bonds. The van der Waals surface area contributed by atoms with Crippen molar-refractivity contribution in [2.75, 3.05) is 24.6 Å². The lowest BCUT2D eigenvalue weighted by Gasteiger charge is -2.34. The summed E-state index contributed by atoms with van der Waals surface area (Å²) in [5.74, 6) is 0.403. The number of nitrogens with zero attached hydrogens (tertiary/aromatic N) is 5. The summed E-state index contributed by atoms with van der Waals surface area (Å²) in [7, 11) is 0. The molecule has 1 fully saturated rings. The number of ether oxygens (including phenoxy) is 2. The van der Waals surface area contributed by atoms with Gasteiger partial charge in [0.25, 0.3) is 5.91 Å². The highest BCUT2D eigenvalue weighted by Gasteiger charge is 2.25. The number of nitriles is 1. The van der Waals surface area contributed by atoms with Crippen molar-refractivity contribution in [3.05, 3.63) is 95.1 Å². The van der Waals surface area contributed by atoms with Crippen molar-refractivity contribution < 1.29 is 19.4 Å². The van der Waals surface area contributed by atoms with Crippen LogP contribution in [0.5, 0.6) is 11.6 Å². The van der Waals surface area contributed by atoms with E-state index >= 15 is 0 Å². The molecule has 10 nitrogen and oxygen atoms in total. The summed E-state index contributed by atoms with van der Waals surface area (Å²) >= 11 is 0. The van der Waals surface area contributed by atoms with Crippen LogP contribution in [-0.4, -0.2) is 51.8 Å². The Labute approximate surface area is 251 Å². The second-order valence-electron chi connectivity index (χ2n) is 10.2. The Morgan fingerprint density at radius 2 is 1.91 bits per heavy atom. The monoisotopic (exact) mass is 578 g/mol. The maximum Gasteiger partial charge on any atom is 0.274 e. The molecule has 0 saturated carbocycles. The Hall–Kier alpha value is -5.01. The molecule has 1 aromatic carbocycles. The number of benzene rings is 1. The molecule has 1 saturated heterocycles. The lowest BCUT2D eigenvalue weighted by molar-refractivity contribution is 0.0934. The van der Waals surface area contributed by atoms with Gasteiger partial charge in [0.2, 0.25) is 5.88 Å². The first-order valence-corrected chi connectivity index (χ1v) is 14.3. The van der Waals surface area contributed by atoms with Gasteiger partial charge in [-0.15, -0.1) is 0 Å². The van der Waals surface area contributed by atoms with E-state index in [2.05, 4.69) is 26.3 Å². The number of hydrogen-bond donors (Lipinski definition) is 2. The summed E-state index contributed by atoms with van der Waals surface area (Å²) in [5.41, 5.74) is 5.14. The number of piperidine rings is 1. The summed E-state index contributed by atoms with van der Waals surface area (Å²) in [6, 6.07) is 20.7. The fourth-order valence-electron chi connectivity index (χ4n) is 5.07. The second kappa shape index (κ2) is 13.8. The Bertz CT molecular complexity index is 1630. The van der Waals surface area contributed by atoms with Crippen LogP contribution in [0.2, 0.25) is 0 Å². The molecular formula is C33H34N6O4. The predicted molar refractivity (Wildman–Crippen MR) is 162 cm³/mol. The van der Waals surface area contributed by atoms with Crippen molar-refractivity contribution in [3.8, 4) is 29.0 Å². The van der Waals surface area contributed by atoms with Crippen molar-refractivity contribution in [3.63, 3.8) is 0 Å². The number of nitrogens with one attached hydrogen (secondary N) is 1. The molecule has 220 valence electrons. The van der Waals surface area contributed by atoms with Crippen LogP contribution in [0.25, 0.3) is 11.3 Å². The zero-order valence-electron chi connectivity index (χ0n) is 24.3. The van der Waals surface area contributed by atoms with Gasteiger partial charge in [-0.1, -0.05) is 12.1 Å². The fraction of sp³-hybridized carbons (Fsp3) is 0.303. The van der Waals surface area contributed by atoms with Gasteiger partial charge in [0.1, 0.15) is 12.2 Å². The predicted octanol–water partition coefficient (Wildman–Crippen LogP) is 4.59. The highest BCUT2D eigenvalue weighted by atomic mass is 16.5. The van der Waals surface area contributed by atoms with Gasteiger partial charge in [-0.2, -0.15) is 5.26 Å². The van der Waals surface area contributed by atoms with E-state index in [9.17, 15) is 15.2 Å². The molecule has 0 unspecified atom stereocenters. The SMILES string of the molecule is CCOc1ncccc1-c1ccc(OC2CCN(c3ccc(C)cc3C#N)CC2)c(C(=O)NCc2cccc(CO)n2)n1. The topological polar surface area (TPSA) is 133 Å². The summed E-state index contributed by atoms with van der Waals surface area (Å²) < 4.78 is 12.1. The zero-order chi connectivity index (χ0) is 30.2. The molecule has 10 heteroatoms. The number of aromatic nitrogens is 3. The second-order valence-corrected chi connectivity index (χ2v) is 10.2. The third-order valence-electron chi connectivity index (χ3n) is 7.21. The molecule has 4 aromatic rings. The zero-order valence-corrected chi connectivity index (χ0v) is 24.3. The molecule has 3 aromatic heterocycles. The lowest BCUT2D eigenvalue weighted by atomic mass is 10.0. The first kappa shape index (κ1) is 29.5. The summed E-state index contributed by atoms with van der Waals surface area (Å²) in [4.78, 5) is 29.2. The van der Waals surface area contributed by atoms with Crippen molar-refractivity contribution in [2.45, 2.75) is 45.9 Å². The number of anilines is 1. The third kappa shape index (κ3) is 7.08. The molecule has 5 rings (SSSR count). The highest BCUT2D eigenvalue weighted by Crippen LogP contribution is 2.31. The van der Waals surface area contributed by atoms with Gasteiger partial charge >= 0.3 is 0 Å². The maximum absolute atomic E-state index is 13.5. The van der Waals surface area contributed by atoms with Gasteiger partial charge in [-0.3, -0.25) is 9.78 Å². The van der Waals surface area contributed by atoms with Gasteiger partial charge in [-0.05, 0) is 67.9 Å². The van der Waals surface area contributed by atoms with E-state index in [1.54, 1.807) is 42.6 Å². The van der Waals surface area contributed by atoms with Crippen LogP contribution in [0.3, 0.4) is 0 Å². The minimum atomic E-state index is -0.411. The number of rotatable bonds is 10. The molecule has 1 aliphatic heterocycles. The largest absolute Gasteiger partial charge is 0.488 e. The molecule has 0 radical (unpaired) electrons. The van der Waals surface area contributed by atoms with E-state index < -0.39 is 5.91 Å². The van der Waals surface area contributed by atoms with Crippen LogP contribution >= 0.6 is 0 Å². The average molecular weight is 579 g/mol. The van der Waals surface area contributed by atoms with Crippen LogP contribution < -0.4 is 19.7 Å². The Morgan fingerprint density at radius 1 is 1.09 bits per heavy atom. The van der Waals surface area contributed by atoms with Gasteiger partial charge in [0.05, 0.1) is 53.7 Å². The highest BCUT2D eigenvalue weighted by molar-refractivity contribution is 5.95. The number of aryl methyl sites for hydroxylation is 1. The summed E-state index contributed by atoms with van der Waals surface area (Å²) in [6.45, 7) is 5.71. The molecule has 4 heterocycles. The van der Waals surface area contributed by atoms with E-state index in [0.29, 0.717) is 46.4 Å². The first-order valence-electron chi connectivity index (χ1n) is 14.3. The number of aliphatic hydroxyl groups excluding tert-OH is 1. The van der Waals surface area contributed by atoms with Crippen LogP contribution in [0.4, 0.5) is 5.69 Å². The summed E-state index contributed by atoms with van der Waals surface area (Å²) in [6.07, 6.45) is 2.95. The smallest absolute Gasteiger partial charge is 0.274 e. The Kier molecular flexibility index (Phi) is 9.44. The average Bonchev–Trinajstić information content (AvgIpc) is 3.04. The van der Waals surface area contributed by atoms with Crippen molar-refractivity contribution >= 4 is 11.6 Å². The molecule has 0 bridgehead atoms. The van der Waals surface area contributed by atoms with Crippen LogP contribution in [0, 0.1) is 18.3 Å².